The number of rotatable bonds is 1. The van der Waals surface area contributed by atoms with E-state index in [4.69, 9.17) is 5.73 Å². The van der Waals surface area contributed by atoms with E-state index in [1.165, 1.54) is 0 Å². The summed E-state index contributed by atoms with van der Waals surface area (Å²) in [6.07, 6.45) is 1.10. The molecule has 0 saturated carbocycles. The SMILES string of the molecule is CC.CC(C)C.CC(C)C.CCCN. The molecule has 2 N–H and O–H groups in total. The molecule has 0 rings (SSSR count). The topological polar surface area (TPSA) is 26.0 Å². The number of hydrogen-bond acceptors (Lipinski definition) is 1. The molecule has 0 unspecified atom stereocenters. The second-order valence-corrected chi connectivity index (χ2v) is 4.25. The smallest absolute Gasteiger partial charge is 0.00799 e. The molecule has 0 heterocycles. The van der Waals surface area contributed by atoms with Gasteiger partial charge in [0.05, 0.1) is 0 Å². The highest BCUT2D eigenvalue weighted by atomic mass is 14.5. The molecule has 0 aliphatic heterocycles. The van der Waals surface area contributed by atoms with E-state index in [9.17, 15) is 0 Å². The third-order valence-electron chi connectivity index (χ3n) is 0.289. The van der Waals surface area contributed by atoms with Crippen molar-refractivity contribution < 1.29 is 0 Å². The summed E-state index contributed by atoms with van der Waals surface area (Å²) in [6, 6.07) is 0. The first-order chi connectivity index (χ1) is 6.38. The summed E-state index contributed by atoms with van der Waals surface area (Å²) in [5.41, 5.74) is 5.03. The third kappa shape index (κ3) is 1560. The van der Waals surface area contributed by atoms with Crippen LogP contribution >= 0.6 is 0 Å². The maximum atomic E-state index is 5.03. The molecule has 0 bridgehead atoms. The van der Waals surface area contributed by atoms with Crippen molar-refractivity contribution in [1.29, 1.82) is 0 Å². The van der Waals surface area contributed by atoms with Crippen molar-refractivity contribution in [3.63, 3.8) is 0 Å². The van der Waals surface area contributed by atoms with Gasteiger partial charge in [0.1, 0.15) is 0 Å². The van der Waals surface area contributed by atoms with Gasteiger partial charge in [-0.2, -0.15) is 0 Å². The second kappa shape index (κ2) is 29.3. The molecule has 0 aromatic carbocycles. The van der Waals surface area contributed by atoms with Crippen LogP contribution in [0.1, 0.15) is 68.7 Å². The lowest BCUT2D eigenvalue weighted by Crippen LogP contribution is -1.93. The lowest BCUT2D eigenvalue weighted by atomic mass is 10.3. The third-order valence-corrected chi connectivity index (χ3v) is 0.289. The van der Waals surface area contributed by atoms with Gasteiger partial charge in [-0.05, 0) is 24.8 Å². The van der Waals surface area contributed by atoms with Gasteiger partial charge in [-0.25, -0.2) is 0 Å². The van der Waals surface area contributed by atoms with Crippen molar-refractivity contribution in [2.75, 3.05) is 6.54 Å². The predicted molar refractivity (Wildman–Crippen MR) is 71.7 cm³/mol. The molecule has 1 nitrogen and oxygen atoms in total. The van der Waals surface area contributed by atoms with E-state index in [-0.39, 0.29) is 0 Å². The summed E-state index contributed by atoms with van der Waals surface area (Å²) in [6.45, 7) is 19.9. The molecule has 0 amide bonds. The summed E-state index contributed by atoms with van der Waals surface area (Å²) >= 11 is 0. The lowest BCUT2D eigenvalue weighted by molar-refractivity contribution is 0.736. The van der Waals surface area contributed by atoms with Crippen LogP contribution in [-0.2, 0) is 0 Å². The fourth-order valence-electron chi connectivity index (χ4n) is 0. The molecule has 14 heavy (non-hydrogen) atoms. The molecule has 0 aliphatic carbocycles. The number of nitrogens with two attached hydrogens (primary N) is 1. The predicted octanol–water partition coefficient (Wildman–Crippen LogP) is 4.71. The van der Waals surface area contributed by atoms with Gasteiger partial charge in [0.2, 0.25) is 0 Å². The summed E-state index contributed by atoms with van der Waals surface area (Å²) < 4.78 is 0. The Morgan fingerprint density at radius 1 is 0.786 bits per heavy atom. The van der Waals surface area contributed by atoms with E-state index in [0.717, 1.165) is 24.8 Å². The van der Waals surface area contributed by atoms with E-state index in [2.05, 4.69) is 48.5 Å². The maximum absolute atomic E-state index is 5.03. The molecule has 1 heteroatoms. The second-order valence-electron chi connectivity index (χ2n) is 4.25. The monoisotopic (exact) mass is 205 g/mol. The van der Waals surface area contributed by atoms with Gasteiger partial charge in [0.25, 0.3) is 0 Å². The average molecular weight is 205 g/mol. The molecule has 0 fully saturated rings. The van der Waals surface area contributed by atoms with Crippen LogP contribution in [0.4, 0.5) is 0 Å². The summed E-state index contributed by atoms with van der Waals surface area (Å²) in [7, 11) is 0. The normalized spacial score (nSPS) is 7.71. The molecule has 0 aromatic heterocycles. The zero-order valence-electron chi connectivity index (χ0n) is 12.1. The van der Waals surface area contributed by atoms with Crippen molar-refractivity contribution in [3.05, 3.63) is 0 Å². The van der Waals surface area contributed by atoms with Crippen LogP contribution in [0, 0.1) is 11.8 Å². The van der Waals surface area contributed by atoms with Gasteiger partial charge in [-0.1, -0.05) is 62.3 Å². The summed E-state index contributed by atoms with van der Waals surface area (Å²) in [5.74, 6) is 1.67. The highest BCUT2D eigenvalue weighted by Crippen LogP contribution is 1.81. The Morgan fingerprint density at radius 2 is 0.857 bits per heavy atom. The highest BCUT2D eigenvalue weighted by Gasteiger charge is 1.68. The molecule has 92 valence electrons. The van der Waals surface area contributed by atoms with Crippen LogP contribution in [0.5, 0.6) is 0 Å². The Morgan fingerprint density at radius 3 is 0.857 bits per heavy atom. The van der Waals surface area contributed by atoms with Crippen molar-refractivity contribution in [2.45, 2.75) is 68.7 Å². The van der Waals surface area contributed by atoms with Crippen LogP contribution in [-0.4, -0.2) is 6.54 Å². The van der Waals surface area contributed by atoms with E-state index in [1.807, 2.05) is 13.8 Å². The van der Waals surface area contributed by atoms with Crippen LogP contribution in [0.25, 0.3) is 0 Å². The van der Waals surface area contributed by atoms with Gasteiger partial charge in [-0.3, -0.25) is 0 Å². The van der Waals surface area contributed by atoms with Gasteiger partial charge in [-0.15, -0.1) is 0 Å². The minimum absolute atomic E-state index is 0.819. The first kappa shape index (κ1) is 23.6. The molecule has 0 saturated heterocycles. The first-order valence-corrected chi connectivity index (χ1v) is 6.08. The molecule has 0 atom stereocenters. The number of hydrogen-bond donors (Lipinski definition) is 1. The standard InChI is InChI=1S/2C4H10.C3H9N.C2H6/c2*1-4(2)3;1-2-3-4;1-2/h2*4H,1-3H3;2-4H2,1H3;1-2H3. The zero-order valence-corrected chi connectivity index (χ0v) is 12.1. The highest BCUT2D eigenvalue weighted by molar-refractivity contribution is 4.21. The van der Waals surface area contributed by atoms with E-state index >= 15 is 0 Å². The maximum Gasteiger partial charge on any atom is -0.00799 e. The van der Waals surface area contributed by atoms with Crippen LogP contribution in [0.3, 0.4) is 0 Å². The Hall–Kier alpha value is -0.0400. The fraction of sp³-hybridized carbons (Fsp3) is 1.00. The van der Waals surface area contributed by atoms with Crippen molar-refractivity contribution in [3.8, 4) is 0 Å². The van der Waals surface area contributed by atoms with Crippen molar-refractivity contribution >= 4 is 0 Å². The van der Waals surface area contributed by atoms with Gasteiger partial charge < -0.3 is 5.73 Å². The quantitative estimate of drug-likeness (QED) is 0.659. The Bertz CT molecular complexity index is 35.7. The molecular weight excluding hydrogens is 170 g/mol. The van der Waals surface area contributed by atoms with E-state index < -0.39 is 0 Å². The summed E-state index contributed by atoms with van der Waals surface area (Å²) in [5, 5.41) is 0. The van der Waals surface area contributed by atoms with Gasteiger partial charge in [0.15, 0.2) is 0 Å². The van der Waals surface area contributed by atoms with Crippen LogP contribution in [0.15, 0.2) is 0 Å². The molecular formula is C13H35N. The van der Waals surface area contributed by atoms with E-state index in [0.29, 0.717) is 0 Å². The van der Waals surface area contributed by atoms with Gasteiger partial charge in [0, 0.05) is 0 Å². The first-order valence-electron chi connectivity index (χ1n) is 6.08. The fourth-order valence-corrected chi connectivity index (χ4v) is 0. The van der Waals surface area contributed by atoms with Crippen LogP contribution < -0.4 is 5.73 Å². The minimum atomic E-state index is 0.819. The molecule has 0 aliphatic rings. The van der Waals surface area contributed by atoms with E-state index in [1.54, 1.807) is 0 Å². The molecule has 0 spiro atoms. The summed E-state index contributed by atoms with van der Waals surface area (Å²) in [4.78, 5) is 0. The Balaban J connectivity index is -0.0000000492. The lowest BCUT2D eigenvalue weighted by Gasteiger charge is -1.79. The zero-order chi connectivity index (χ0) is 12.6. The largest absolute Gasteiger partial charge is 0.330 e. The molecule has 0 radical (unpaired) electrons. The van der Waals surface area contributed by atoms with Crippen molar-refractivity contribution in [2.24, 2.45) is 17.6 Å². The Kier molecular flexibility index (Phi) is 49.4. The molecule has 0 aromatic rings. The van der Waals surface area contributed by atoms with Crippen LogP contribution in [0.2, 0.25) is 0 Å². The Labute approximate surface area is 93.5 Å². The average Bonchev–Trinajstić information content (AvgIpc) is 2.05. The van der Waals surface area contributed by atoms with Crippen molar-refractivity contribution in [1.82, 2.24) is 0 Å². The minimum Gasteiger partial charge on any atom is -0.330 e. The van der Waals surface area contributed by atoms with Gasteiger partial charge >= 0.3 is 0 Å².